The zero-order chi connectivity index (χ0) is 14.7. The highest BCUT2D eigenvalue weighted by molar-refractivity contribution is 7.98. The van der Waals surface area contributed by atoms with Crippen molar-refractivity contribution in [3.05, 3.63) is 47.7 Å². The molecule has 0 aliphatic rings. The molecule has 21 heavy (non-hydrogen) atoms. The fourth-order valence-corrected chi connectivity index (χ4v) is 3.56. The number of hydrogen-bond donors (Lipinski definition) is 0. The Hall–Kier alpha value is -1.79. The number of benzene rings is 1. The molecule has 1 aromatic carbocycles. The summed E-state index contributed by atoms with van der Waals surface area (Å²) in [5, 5.41) is 7.31. The zero-order valence-electron chi connectivity index (χ0n) is 11.8. The van der Waals surface area contributed by atoms with E-state index >= 15 is 0 Å². The second kappa shape index (κ2) is 6.32. The molecule has 0 amide bonds. The van der Waals surface area contributed by atoms with Gasteiger partial charge in [-0.3, -0.25) is 4.68 Å². The summed E-state index contributed by atoms with van der Waals surface area (Å²) in [6, 6.07) is 8.09. The lowest BCUT2D eigenvalue weighted by molar-refractivity contribution is 0.414. The molecule has 0 atom stereocenters. The van der Waals surface area contributed by atoms with Crippen LogP contribution < -0.4 is 4.74 Å². The largest absolute Gasteiger partial charge is 0.497 e. The van der Waals surface area contributed by atoms with Gasteiger partial charge in [0.15, 0.2) is 0 Å². The highest BCUT2D eigenvalue weighted by atomic mass is 32.2. The predicted molar refractivity (Wildman–Crippen MR) is 86.9 cm³/mol. The van der Waals surface area contributed by atoms with Crippen LogP contribution in [0.5, 0.6) is 5.75 Å². The summed E-state index contributed by atoms with van der Waals surface area (Å²) in [4.78, 5) is 5.88. The molecule has 108 valence electrons. The molecule has 3 aromatic rings. The Balaban J connectivity index is 1.64. The van der Waals surface area contributed by atoms with Crippen LogP contribution in [-0.2, 0) is 12.8 Å². The molecule has 0 N–H and O–H groups in total. The molecule has 0 saturated carbocycles. The molecule has 0 unspecified atom stereocenters. The third-order valence-electron chi connectivity index (χ3n) is 2.95. The molecule has 0 fully saturated rings. The van der Waals surface area contributed by atoms with Gasteiger partial charge in [-0.25, -0.2) is 4.98 Å². The van der Waals surface area contributed by atoms with E-state index < -0.39 is 0 Å². The molecule has 0 aliphatic heterocycles. The fraction of sp³-hybridized carbons (Fsp3) is 0.200. The van der Waals surface area contributed by atoms with Gasteiger partial charge in [0.1, 0.15) is 10.8 Å². The Morgan fingerprint density at radius 3 is 2.76 bits per heavy atom. The zero-order valence-corrected chi connectivity index (χ0v) is 13.4. The summed E-state index contributed by atoms with van der Waals surface area (Å²) in [5.74, 6) is 1.75. The molecule has 0 bridgehead atoms. The quantitative estimate of drug-likeness (QED) is 0.670. The highest BCUT2D eigenvalue weighted by Crippen LogP contribution is 2.28. The van der Waals surface area contributed by atoms with E-state index in [4.69, 9.17) is 4.74 Å². The topological polar surface area (TPSA) is 39.9 Å². The third kappa shape index (κ3) is 3.46. The molecule has 6 heteroatoms. The van der Waals surface area contributed by atoms with Crippen LogP contribution in [0.25, 0.3) is 10.6 Å². The van der Waals surface area contributed by atoms with Gasteiger partial charge in [-0.1, -0.05) is 0 Å². The standard InChI is InChI=1S/C15H15N3OS2/c1-18-8-11(7-16-18)15-17-12(10-21-15)9-20-14-5-3-13(19-2)4-6-14/h3-8,10H,9H2,1-2H3. The minimum absolute atomic E-state index is 0.864. The number of aryl methyl sites for hydroxylation is 1. The lowest BCUT2D eigenvalue weighted by Gasteiger charge is -2.02. The molecular formula is C15H15N3OS2. The van der Waals surface area contributed by atoms with E-state index in [1.165, 1.54) is 4.90 Å². The van der Waals surface area contributed by atoms with Crippen molar-refractivity contribution >= 4 is 23.1 Å². The lowest BCUT2D eigenvalue weighted by Crippen LogP contribution is -1.84. The Morgan fingerprint density at radius 2 is 2.10 bits per heavy atom. The Labute approximate surface area is 131 Å². The van der Waals surface area contributed by atoms with Crippen LogP contribution in [0.15, 0.2) is 46.9 Å². The first-order valence-corrected chi connectivity index (χ1v) is 8.31. The van der Waals surface area contributed by atoms with Gasteiger partial charge in [0.05, 0.1) is 19.0 Å². The van der Waals surface area contributed by atoms with Crippen LogP contribution in [-0.4, -0.2) is 21.9 Å². The van der Waals surface area contributed by atoms with E-state index in [-0.39, 0.29) is 0 Å². The molecule has 4 nitrogen and oxygen atoms in total. The van der Waals surface area contributed by atoms with Gasteiger partial charge < -0.3 is 4.74 Å². The second-order valence-corrected chi connectivity index (χ2v) is 6.42. The first-order valence-electron chi connectivity index (χ1n) is 6.45. The van der Waals surface area contributed by atoms with Crippen molar-refractivity contribution in [1.29, 1.82) is 0 Å². The van der Waals surface area contributed by atoms with Crippen LogP contribution in [0, 0.1) is 0 Å². The summed E-state index contributed by atoms with van der Waals surface area (Å²) in [7, 11) is 3.59. The maximum atomic E-state index is 5.16. The van der Waals surface area contributed by atoms with Crippen molar-refractivity contribution in [2.75, 3.05) is 7.11 Å². The maximum absolute atomic E-state index is 5.16. The van der Waals surface area contributed by atoms with Gasteiger partial charge in [0, 0.05) is 34.8 Å². The minimum Gasteiger partial charge on any atom is -0.497 e. The van der Waals surface area contributed by atoms with E-state index in [9.17, 15) is 0 Å². The van der Waals surface area contributed by atoms with Gasteiger partial charge in [0.25, 0.3) is 0 Å². The fourth-order valence-electron chi connectivity index (χ4n) is 1.87. The first kappa shape index (κ1) is 14.2. The SMILES string of the molecule is COc1ccc(SCc2csc(-c3cnn(C)c3)n2)cc1. The summed E-state index contributed by atoms with van der Waals surface area (Å²) in [6.45, 7) is 0. The van der Waals surface area contributed by atoms with Crippen LogP contribution in [0.2, 0.25) is 0 Å². The van der Waals surface area contributed by atoms with Crippen molar-refractivity contribution in [2.24, 2.45) is 7.05 Å². The molecule has 0 spiro atoms. The van der Waals surface area contributed by atoms with Gasteiger partial charge in [0.2, 0.25) is 0 Å². The van der Waals surface area contributed by atoms with E-state index in [1.54, 1.807) is 34.9 Å². The van der Waals surface area contributed by atoms with E-state index in [0.29, 0.717) is 0 Å². The van der Waals surface area contributed by atoms with Gasteiger partial charge in [-0.05, 0) is 24.3 Å². The Bertz CT molecular complexity index is 719. The van der Waals surface area contributed by atoms with Crippen LogP contribution in [0.4, 0.5) is 0 Å². The molecule has 0 aliphatic carbocycles. The van der Waals surface area contributed by atoms with Crippen molar-refractivity contribution in [2.45, 2.75) is 10.6 Å². The van der Waals surface area contributed by atoms with E-state index in [1.807, 2.05) is 31.6 Å². The maximum Gasteiger partial charge on any atom is 0.126 e. The number of methoxy groups -OCH3 is 1. The predicted octanol–water partition coefficient (Wildman–Crippen LogP) is 3.84. The van der Waals surface area contributed by atoms with E-state index in [0.717, 1.165) is 27.8 Å². The molecular weight excluding hydrogens is 302 g/mol. The first-order chi connectivity index (χ1) is 10.2. The summed E-state index contributed by atoms with van der Waals surface area (Å²) in [6.07, 6.45) is 3.83. The average Bonchev–Trinajstić information content (AvgIpc) is 3.14. The molecule has 3 rings (SSSR count). The number of hydrogen-bond acceptors (Lipinski definition) is 5. The van der Waals surface area contributed by atoms with Crippen LogP contribution >= 0.6 is 23.1 Å². The summed E-state index contributed by atoms with van der Waals surface area (Å²) >= 11 is 3.43. The number of thiazole rings is 1. The van der Waals surface area contributed by atoms with Crippen LogP contribution in [0.3, 0.4) is 0 Å². The van der Waals surface area contributed by atoms with Crippen molar-refractivity contribution < 1.29 is 4.74 Å². The Kier molecular flexibility index (Phi) is 4.26. The average molecular weight is 317 g/mol. The third-order valence-corrected chi connectivity index (χ3v) is 4.94. The normalized spacial score (nSPS) is 10.8. The summed E-state index contributed by atoms with van der Waals surface area (Å²) in [5.41, 5.74) is 2.17. The molecule has 2 aromatic heterocycles. The van der Waals surface area contributed by atoms with Crippen LogP contribution in [0.1, 0.15) is 5.69 Å². The van der Waals surface area contributed by atoms with Crippen molar-refractivity contribution in [3.63, 3.8) is 0 Å². The van der Waals surface area contributed by atoms with Crippen molar-refractivity contribution in [3.8, 4) is 16.3 Å². The smallest absolute Gasteiger partial charge is 0.126 e. The van der Waals surface area contributed by atoms with Gasteiger partial charge in [-0.2, -0.15) is 5.10 Å². The van der Waals surface area contributed by atoms with Gasteiger partial charge >= 0.3 is 0 Å². The van der Waals surface area contributed by atoms with E-state index in [2.05, 4.69) is 27.6 Å². The molecule has 0 saturated heterocycles. The second-order valence-electron chi connectivity index (χ2n) is 4.51. The number of ether oxygens (including phenoxy) is 1. The molecule has 2 heterocycles. The Morgan fingerprint density at radius 1 is 1.29 bits per heavy atom. The highest BCUT2D eigenvalue weighted by Gasteiger charge is 2.07. The number of thioether (sulfide) groups is 1. The molecule has 0 radical (unpaired) electrons. The minimum atomic E-state index is 0.864. The number of aromatic nitrogens is 3. The van der Waals surface area contributed by atoms with Crippen molar-refractivity contribution in [1.82, 2.24) is 14.8 Å². The number of rotatable bonds is 5. The van der Waals surface area contributed by atoms with Gasteiger partial charge in [-0.15, -0.1) is 23.1 Å². The summed E-state index contributed by atoms with van der Waals surface area (Å²) < 4.78 is 6.95. The number of nitrogens with zero attached hydrogens (tertiary/aromatic N) is 3. The monoisotopic (exact) mass is 317 g/mol. The lowest BCUT2D eigenvalue weighted by atomic mass is 10.3.